The van der Waals surface area contributed by atoms with E-state index in [1.54, 1.807) is 6.92 Å². The Bertz CT molecular complexity index is 350. The molecule has 0 spiro atoms. The lowest BCUT2D eigenvalue weighted by molar-refractivity contribution is -0.122. The van der Waals surface area contributed by atoms with Crippen LogP contribution in [0.5, 0.6) is 0 Å². The Hall–Kier alpha value is -1.06. The molecule has 0 fully saturated rings. The van der Waals surface area contributed by atoms with Crippen molar-refractivity contribution in [3.63, 3.8) is 0 Å². The SMILES string of the molecule is C[C@H](N)C(=O)NCC(C)(C)c1ccccc1.Cl. The number of carbonyl (C=O) groups excluding carboxylic acids is 1. The maximum Gasteiger partial charge on any atom is 0.236 e. The van der Waals surface area contributed by atoms with Crippen molar-refractivity contribution in [2.75, 3.05) is 6.54 Å². The van der Waals surface area contributed by atoms with Crippen LogP contribution in [0.4, 0.5) is 0 Å². The third-order valence-corrected chi connectivity index (χ3v) is 2.67. The van der Waals surface area contributed by atoms with E-state index in [0.29, 0.717) is 6.54 Å². The molecule has 1 atom stereocenters. The minimum absolute atomic E-state index is 0. The highest BCUT2D eigenvalue weighted by Crippen LogP contribution is 2.21. The molecule has 0 aliphatic heterocycles. The highest BCUT2D eigenvalue weighted by Gasteiger charge is 2.21. The van der Waals surface area contributed by atoms with Gasteiger partial charge in [0.2, 0.25) is 5.91 Å². The van der Waals surface area contributed by atoms with E-state index in [1.165, 1.54) is 5.56 Å². The van der Waals surface area contributed by atoms with Crippen LogP contribution in [-0.4, -0.2) is 18.5 Å². The molecule has 0 unspecified atom stereocenters. The zero-order valence-corrected chi connectivity index (χ0v) is 11.4. The van der Waals surface area contributed by atoms with Crippen LogP contribution < -0.4 is 11.1 Å². The molecule has 1 aromatic rings. The molecule has 0 aliphatic carbocycles. The van der Waals surface area contributed by atoms with Crippen LogP contribution in [0, 0.1) is 0 Å². The first-order valence-electron chi connectivity index (χ1n) is 5.52. The van der Waals surface area contributed by atoms with E-state index in [-0.39, 0.29) is 23.7 Å². The Morgan fingerprint density at radius 1 is 1.35 bits per heavy atom. The zero-order valence-electron chi connectivity index (χ0n) is 10.6. The summed E-state index contributed by atoms with van der Waals surface area (Å²) in [5.74, 6) is -0.107. The summed E-state index contributed by atoms with van der Waals surface area (Å²) in [6, 6.07) is 9.68. The van der Waals surface area contributed by atoms with E-state index in [4.69, 9.17) is 5.73 Å². The molecule has 17 heavy (non-hydrogen) atoms. The number of nitrogens with one attached hydrogen (secondary N) is 1. The van der Waals surface area contributed by atoms with Crippen molar-refractivity contribution in [1.82, 2.24) is 5.32 Å². The van der Waals surface area contributed by atoms with E-state index in [1.807, 2.05) is 18.2 Å². The summed E-state index contributed by atoms with van der Waals surface area (Å²) in [4.78, 5) is 11.4. The first-order valence-corrected chi connectivity index (χ1v) is 5.52. The maximum atomic E-state index is 11.4. The van der Waals surface area contributed by atoms with Gasteiger partial charge in [-0.05, 0) is 12.5 Å². The highest BCUT2D eigenvalue weighted by molar-refractivity contribution is 5.85. The summed E-state index contributed by atoms with van der Waals surface area (Å²) >= 11 is 0. The third-order valence-electron chi connectivity index (χ3n) is 2.67. The van der Waals surface area contributed by atoms with Crippen molar-refractivity contribution in [2.24, 2.45) is 5.73 Å². The lowest BCUT2D eigenvalue weighted by atomic mass is 9.84. The van der Waals surface area contributed by atoms with E-state index >= 15 is 0 Å². The minimum Gasteiger partial charge on any atom is -0.354 e. The van der Waals surface area contributed by atoms with Gasteiger partial charge in [0.15, 0.2) is 0 Å². The molecule has 3 nitrogen and oxygen atoms in total. The maximum absolute atomic E-state index is 11.4. The number of nitrogens with two attached hydrogens (primary N) is 1. The van der Waals surface area contributed by atoms with Gasteiger partial charge in [-0.2, -0.15) is 0 Å². The predicted molar refractivity (Wildman–Crippen MR) is 73.4 cm³/mol. The van der Waals surface area contributed by atoms with Crippen LogP contribution in [0.3, 0.4) is 0 Å². The fourth-order valence-electron chi connectivity index (χ4n) is 1.46. The Balaban J connectivity index is 0.00000256. The van der Waals surface area contributed by atoms with Gasteiger partial charge in [0.25, 0.3) is 0 Å². The Morgan fingerprint density at radius 3 is 2.35 bits per heavy atom. The van der Waals surface area contributed by atoms with Crippen molar-refractivity contribution < 1.29 is 4.79 Å². The molecule has 0 bridgehead atoms. The fourth-order valence-corrected chi connectivity index (χ4v) is 1.46. The van der Waals surface area contributed by atoms with E-state index in [9.17, 15) is 4.79 Å². The molecule has 0 saturated heterocycles. The molecule has 0 heterocycles. The van der Waals surface area contributed by atoms with Gasteiger partial charge in [-0.25, -0.2) is 0 Å². The van der Waals surface area contributed by atoms with Gasteiger partial charge in [0, 0.05) is 12.0 Å². The lowest BCUT2D eigenvalue weighted by Gasteiger charge is -2.26. The normalized spacial score (nSPS) is 12.5. The molecule has 1 amide bonds. The summed E-state index contributed by atoms with van der Waals surface area (Å²) in [5.41, 5.74) is 6.62. The topological polar surface area (TPSA) is 55.1 Å². The van der Waals surface area contributed by atoms with Gasteiger partial charge in [-0.1, -0.05) is 44.2 Å². The number of hydrogen-bond acceptors (Lipinski definition) is 2. The average molecular weight is 257 g/mol. The van der Waals surface area contributed by atoms with E-state index in [0.717, 1.165) is 0 Å². The standard InChI is InChI=1S/C13H20N2O.ClH/c1-10(14)12(16)15-9-13(2,3)11-7-5-4-6-8-11;/h4-8,10H,9,14H2,1-3H3,(H,15,16);1H/t10-;/m0./s1. The number of rotatable bonds is 4. The Labute approximate surface area is 109 Å². The van der Waals surface area contributed by atoms with Crippen LogP contribution in [-0.2, 0) is 10.2 Å². The van der Waals surface area contributed by atoms with Crippen LogP contribution in [0.25, 0.3) is 0 Å². The monoisotopic (exact) mass is 256 g/mol. The summed E-state index contributed by atoms with van der Waals surface area (Å²) in [6.45, 7) is 6.48. The number of carbonyl (C=O) groups is 1. The second-order valence-corrected chi connectivity index (χ2v) is 4.76. The second-order valence-electron chi connectivity index (χ2n) is 4.76. The van der Waals surface area contributed by atoms with Gasteiger partial charge in [-0.15, -0.1) is 12.4 Å². The smallest absolute Gasteiger partial charge is 0.236 e. The molecule has 0 aliphatic rings. The quantitative estimate of drug-likeness (QED) is 0.864. The van der Waals surface area contributed by atoms with Gasteiger partial charge in [0.1, 0.15) is 0 Å². The van der Waals surface area contributed by atoms with Crippen molar-refractivity contribution in [1.29, 1.82) is 0 Å². The van der Waals surface area contributed by atoms with Gasteiger partial charge >= 0.3 is 0 Å². The summed E-state index contributed by atoms with van der Waals surface area (Å²) in [6.07, 6.45) is 0. The fraction of sp³-hybridized carbons (Fsp3) is 0.462. The van der Waals surface area contributed by atoms with Crippen LogP contribution in [0.15, 0.2) is 30.3 Å². The van der Waals surface area contributed by atoms with Crippen LogP contribution in [0.1, 0.15) is 26.3 Å². The highest BCUT2D eigenvalue weighted by atomic mass is 35.5. The molecule has 0 saturated carbocycles. The molecular formula is C13H21ClN2O. The van der Waals surface area contributed by atoms with Crippen molar-refractivity contribution in [3.8, 4) is 0 Å². The van der Waals surface area contributed by atoms with Crippen LogP contribution in [0.2, 0.25) is 0 Å². The van der Waals surface area contributed by atoms with Crippen molar-refractivity contribution >= 4 is 18.3 Å². The lowest BCUT2D eigenvalue weighted by Crippen LogP contribution is -2.43. The largest absolute Gasteiger partial charge is 0.354 e. The number of amides is 1. The first kappa shape index (κ1) is 15.9. The van der Waals surface area contributed by atoms with Gasteiger partial charge in [0.05, 0.1) is 6.04 Å². The molecule has 96 valence electrons. The first-order chi connectivity index (χ1) is 7.43. The molecule has 1 rings (SSSR count). The average Bonchev–Trinajstić information content (AvgIpc) is 2.27. The van der Waals surface area contributed by atoms with Crippen LogP contribution >= 0.6 is 12.4 Å². The van der Waals surface area contributed by atoms with Gasteiger partial charge < -0.3 is 11.1 Å². The van der Waals surface area contributed by atoms with E-state index < -0.39 is 6.04 Å². The molecule has 4 heteroatoms. The number of halogens is 1. The summed E-state index contributed by atoms with van der Waals surface area (Å²) in [5, 5.41) is 2.86. The van der Waals surface area contributed by atoms with Crippen molar-refractivity contribution in [2.45, 2.75) is 32.2 Å². The summed E-state index contributed by atoms with van der Waals surface area (Å²) in [7, 11) is 0. The molecule has 3 N–H and O–H groups in total. The minimum atomic E-state index is -0.452. The molecule has 0 radical (unpaired) electrons. The third kappa shape index (κ3) is 4.75. The molecule has 0 aromatic heterocycles. The Kier molecular flexibility index (Phi) is 6.21. The van der Waals surface area contributed by atoms with E-state index in [2.05, 4.69) is 31.3 Å². The summed E-state index contributed by atoms with van der Waals surface area (Å²) < 4.78 is 0. The predicted octanol–water partition coefficient (Wildman–Crippen LogP) is 1.85. The second kappa shape index (κ2) is 6.62. The van der Waals surface area contributed by atoms with Gasteiger partial charge in [-0.3, -0.25) is 4.79 Å². The molecular weight excluding hydrogens is 236 g/mol. The van der Waals surface area contributed by atoms with Crippen molar-refractivity contribution in [3.05, 3.63) is 35.9 Å². The zero-order chi connectivity index (χ0) is 12.2. The molecule has 1 aromatic carbocycles. The number of benzene rings is 1. The Morgan fingerprint density at radius 2 is 1.88 bits per heavy atom. The number of hydrogen-bond donors (Lipinski definition) is 2.